The molecule has 2 rings (SSSR count). The van der Waals surface area contributed by atoms with Gasteiger partial charge >= 0.3 is 5.97 Å². The smallest absolute Gasteiger partial charge is 0.341 e. The van der Waals surface area contributed by atoms with Crippen molar-refractivity contribution in [3.05, 3.63) is 53.3 Å². The maximum absolute atomic E-state index is 11.9. The fourth-order valence-electron chi connectivity index (χ4n) is 2.18. The van der Waals surface area contributed by atoms with Crippen molar-refractivity contribution in [1.82, 2.24) is 9.78 Å². The van der Waals surface area contributed by atoms with Crippen LogP contribution in [0.1, 0.15) is 41.9 Å². The first-order chi connectivity index (χ1) is 9.76. The van der Waals surface area contributed by atoms with Crippen LogP contribution in [0.2, 0.25) is 0 Å². The van der Waals surface area contributed by atoms with Gasteiger partial charge in [-0.3, -0.25) is 4.68 Å². The molecule has 0 saturated carbocycles. The first kappa shape index (κ1) is 14.3. The van der Waals surface area contributed by atoms with Gasteiger partial charge in [0.25, 0.3) is 0 Å². The van der Waals surface area contributed by atoms with E-state index in [1.165, 1.54) is 5.56 Å². The van der Waals surface area contributed by atoms with Crippen molar-refractivity contribution in [3.8, 4) is 0 Å². The molecule has 106 valence electrons. The Bertz CT molecular complexity index is 561. The average Bonchev–Trinajstić information content (AvgIpc) is 2.84. The van der Waals surface area contributed by atoms with Gasteiger partial charge in [-0.15, -0.1) is 0 Å². The van der Waals surface area contributed by atoms with Crippen LogP contribution in [0.3, 0.4) is 0 Å². The summed E-state index contributed by atoms with van der Waals surface area (Å²) in [6.45, 7) is 4.96. The number of ether oxygens (including phenoxy) is 1. The van der Waals surface area contributed by atoms with E-state index >= 15 is 0 Å². The number of benzene rings is 1. The van der Waals surface area contributed by atoms with Crippen LogP contribution in [0, 0.1) is 0 Å². The second-order valence-corrected chi connectivity index (χ2v) is 4.62. The maximum Gasteiger partial charge on any atom is 0.341 e. The van der Waals surface area contributed by atoms with Crippen LogP contribution in [-0.4, -0.2) is 22.4 Å². The van der Waals surface area contributed by atoms with Gasteiger partial charge in [-0.2, -0.15) is 5.10 Å². The first-order valence-corrected chi connectivity index (χ1v) is 7.02. The van der Waals surface area contributed by atoms with Crippen molar-refractivity contribution in [2.24, 2.45) is 0 Å². The summed E-state index contributed by atoms with van der Waals surface area (Å²) in [6.07, 6.45) is 3.40. The molecule has 0 bridgehead atoms. The molecular formula is C16H20N2O2. The van der Waals surface area contributed by atoms with Crippen molar-refractivity contribution in [2.45, 2.75) is 33.2 Å². The van der Waals surface area contributed by atoms with E-state index in [1.54, 1.807) is 6.20 Å². The predicted molar refractivity (Wildman–Crippen MR) is 77.7 cm³/mol. The van der Waals surface area contributed by atoms with E-state index in [-0.39, 0.29) is 5.97 Å². The lowest BCUT2D eigenvalue weighted by Gasteiger charge is -2.09. The van der Waals surface area contributed by atoms with Crippen LogP contribution in [0.15, 0.2) is 36.5 Å². The molecule has 0 aliphatic rings. The molecule has 2 aromatic rings. The number of hydrogen-bond acceptors (Lipinski definition) is 3. The second kappa shape index (κ2) is 6.89. The Morgan fingerprint density at radius 3 is 2.65 bits per heavy atom. The zero-order valence-electron chi connectivity index (χ0n) is 12.0. The summed E-state index contributed by atoms with van der Waals surface area (Å²) in [6, 6.07) is 10.1. The number of nitrogens with zero attached hydrogens (tertiary/aromatic N) is 2. The summed E-state index contributed by atoms with van der Waals surface area (Å²) in [5.74, 6) is -0.282. The van der Waals surface area contributed by atoms with E-state index in [2.05, 4.69) is 24.2 Å². The van der Waals surface area contributed by atoms with E-state index in [0.29, 0.717) is 18.7 Å². The third-order valence-corrected chi connectivity index (χ3v) is 3.11. The summed E-state index contributed by atoms with van der Waals surface area (Å²) < 4.78 is 6.98. The lowest BCUT2D eigenvalue weighted by molar-refractivity contribution is 0.0525. The van der Waals surface area contributed by atoms with E-state index in [9.17, 15) is 4.79 Å². The van der Waals surface area contributed by atoms with Gasteiger partial charge in [-0.05, 0) is 18.9 Å². The topological polar surface area (TPSA) is 44.1 Å². The summed E-state index contributed by atoms with van der Waals surface area (Å²) in [7, 11) is 0. The molecule has 4 nitrogen and oxygen atoms in total. The fraction of sp³-hybridized carbons (Fsp3) is 0.375. The van der Waals surface area contributed by atoms with Gasteiger partial charge in [-0.1, -0.05) is 43.7 Å². The Kier molecular flexibility index (Phi) is 4.93. The molecule has 0 aliphatic carbocycles. The fourth-order valence-corrected chi connectivity index (χ4v) is 2.18. The standard InChI is InChI=1S/C16H20N2O2/c1-3-8-15-14(16(19)20-4-2)11-17-18(15)12-13-9-6-5-7-10-13/h5-7,9-11H,3-4,8,12H2,1-2H3. The summed E-state index contributed by atoms with van der Waals surface area (Å²) in [5, 5.41) is 4.35. The minimum absolute atomic E-state index is 0.282. The molecule has 4 heteroatoms. The largest absolute Gasteiger partial charge is 0.462 e. The van der Waals surface area contributed by atoms with Gasteiger partial charge < -0.3 is 4.74 Å². The van der Waals surface area contributed by atoms with Crippen LogP contribution in [0.25, 0.3) is 0 Å². The third-order valence-electron chi connectivity index (χ3n) is 3.11. The van der Waals surface area contributed by atoms with Gasteiger partial charge in [0.15, 0.2) is 0 Å². The van der Waals surface area contributed by atoms with Gasteiger partial charge in [-0.25, -0.2) is 4.79 Å². The summed E-state index contributed by atoms with van der Waals surface area (Å²) in [4.78, 5) is 11.9. The molecule has 1 aromatic heterocycles. The molecule has 0 N–H and O–H groups in total. The van der Waals surface area contributed by atoms with Crippen LogP contribution in [0.4, 0.5) is 0 Å². The first-order valence-electron chi connectivity index (χ1n) is 7.02. The highest BCUT2D eigenvalue weighted by atomic mass is 16.5. The Labute approximate surface area is 119 Å². The maximum atomic E-state index is 11.9. The van der Waals surface area contributed by atoms with Gasteiger partial charge in [0.1, 0.15) is 5.56 Å². The van der Waals surface area contributed by atoms with Crippen molar-refractivity contribution >= 4 is 5.97 Å². The second-order valence-electron chi connectivity index (χ2n) is 4.62. The molecule has 0 unspecified atom stereocenters. The number of aromatic nitrogens is 2. The van der Waals surface area contributed by atoms with Crippen LogP contribution in [-0.2, 0) is 17.7 Å². The molecule has 0 fully saturated rings. The molecule has 20 heavy (non-hydrogen) atoms. The number of esters is 1. The molecule has 1 heterocycles. The number of carbonyl (C=O) groups excluding carboxylic acids is 1. The molecule has 0 saturated heterocycles. The minimum atomic E-state index is -0.282. The van der Waals surface area contributed by atoms with Crippen LogP contribution in [0.5, 0.6) is 0 Å². The predicted octanol–water partition coefficient (Wildman–Crippen LogP) is 3.06. The lowest BCUT2D eigenvalue weighted by atomic mass is 10.1. The van der Waals surface area contributed by atoms with E-state index in [0.717, 1.165) is 18.5 Å². The Morgan fingerprint density at radius 2 is 2.00 bits per heavy atom. The lowest BCUT2D eigenvalue weighted by Crippen LogP contribution is -2.11. The quantitative estimate of drug-likeness (QED) is 0.759. The monoisotopic (exact) mass is 272 g/mol. The molecule has 0 radical (unpaired) electrons. The summed E-state index contributed by atoms with van der Waals surface area (Å²) >= 11 is 0. The molecule has 0 spiro atoms. The van der Waals surface area contributed by atoms with Crippen molar-refractivity contribution in [3.63, 3.8) is 0 Å². The Hall–Kier alpha value is -2.10. The molecular weight excluding hydrogens is 252 g/mol. The number of carbonyl (C=O) groups is 1. The normalized spacial score (nSPS) is 10.5. The van der Waals surface area contributed by atoms with Crippen molar-refractivity contribution in [1.29, 1.82) is 0 Å². The third kappa shape index (κ3) is 3.26. The van der Waals surface area contributed by atoms with Gasteiger partial charge in [0.05, 0.1) is 25.0 Å². The SMILES string of the molecule is CCCc1c(C(=O)OCC)cnn1Cc1ccccc1. The molecule has 0 aliphatic heterocycles. The van der Waals surface area contributed by atoms with Crippen LogP contribution >= 0.6 is 0 Å². The van der Waals surface area contributed by atoms with E-state index < -0.39 is 0 Å². The number of hydrogen-bond donors (Lipinski definition) is 0. The highest BCUT2D eigenvalue weighted by Crippen LogP contribution is 2.14. The Balaban J connectivity index is 2.27. The van der Waals surface area contributed by atoms with E-state index in [1.807, 2.05) is 29.8 Å². The molecule has 0 amide bonds. The zero-order valence-corrected chi connectivity index (χ0v) is 12.0. The summed E-state index contributed by atoms with van der Waals surface area (Å²) in [5.41, 5.74) is 2.71. The highest BCUT2D eigenvalue weighted by molar-refractivity contribution is 5.90. The van der Waals surface area contributed by atoms with Crippen molar-refractivity contribution < 1.29 is 9.53 Å². The van der Waals surface area contributed by atoms with Crippen molar-refractivity contribution in [2.75, 3.05) is 6.61 Å². The highest BCUT2D eigenvalue weighted by Gasteiger charge is 2.17. The minimum Gasteiger partial charge on any atom is -0.462 e. The number of rotatable bonds is 6. The van der Waals surface area contributed by atoms with Gasteiger partial charge in [0, 0.05) is 0 Å². The molecule has 0 atom stereocenters. The van der Waals surface area contributed by atoms with Gasteiger partial charge in [0.2, 0.25) is 0 Å². The van der Waals surface area contributed by atoms with E-state index in [4.69, 9.17) is 4.74 Å². The Morgan fingerprint density at radius 1 is 1.25 bits per heavy atom. The average molecular weight is 272 g/mol. The zero-order chi connectivity index (χ0) is 14.4. The molecule has 1 aromatic carbocycles. The van der Waals surface area contributed by atoms with Crippen LogP contribution < -0.4 is 0 Å².